The van der Waals surface area contributed by atoms with Crippen LogP contribution < -0.4 is 5.32 Å². The van der Waals surface area contributed by atoms with E-state index in [9.17, 15) is 4.79 Å². The summed E-state index contributed by atoms with van der Waals surface area (Å²) in [5, 5.41) is 9.35. The Labute approximate surface area is 111 Å². The molecule has 0 aromatic carbocycles. The number of amides is 1. The van der Waals surface area contributed by atoms with Crippen molar-refractivity contribution in [3.63, 3.8) is 0 Å². The van der Waals surface area contributed by atoms with E-state index in [0.29, 0.717) is 11.6 Å². The molecule has 0 aliphatic carbocycles. The molecule has 1 amide bonds. The van der Waals surface area contributed by atoms with Crippen LogP contribution in [0.4, 0.5) is 5.82 Å². The average molecular weight is 259 g/mol. The quantitative estimate of drug-likeness (QED) is 0.864. The monoisotopic (exact) mass is 259 g/mol. The first-order valence-electron chi connectivity index (χ1n) is 6.03. The van der Waals surface area contributed by atoms with Gasteiger partial charge in [0.15, 0.2) is 0 Å². The van der Waals surface area contributed by atoms with Gasteiger partial charge in [-0.15, -0.1) is 5.10 Å². The molecule has 2 N–H and O–H groups in total. The first-order valence-corrected chi connectivity index (χ1v) is 6.03. The molecule has 0 saturated carbocycles. The SMILES string of the molecule is Cc1ccc(NC(=O)c2n[nH]c(C(C)(C)C)n2)nc1. The average Bonchev–Trinajstić information content (AvgIpc) is 2.81. The number of aryl methyl sites for hydroxylation is 1. The lowest BCUT2D eigenvalue weighted by atomic mass is 9.96. The maximum absolute atomic E-state index is 11.9. The highest BCUT2D eigenvalue weighted by Crippen LogP contribution is 2.17. The molecule has 2 heterocycles. The van der Waals surface area contributed by atoms with Gasteiger partial charge in [0.2, 0.25) is 5.82 Å². The van der Waals surface area contributed by atoms with Crippen LogP contribution in [0.5, 0.6) is 0 Å². The van der Waals surface area contributed by atoms with E-state index < -0.39 is 0 Å². The molecule has 2 aromatic heterocycles. The highest BCUT2D eigenvalue weighted by molar-refractivity contribution is 6.00. The van der Waals surface area contributed by atoms with Gasteiger partial charge in [0.25, 0.3) is 5.91 Å². The van der Waals surface area contributed by atoms with Gasteiger partial charge in [-0.25, -0.2) is 9.97 Å². The van der Waals surface area contributed by atoms with Crippen molar-refractivity contribution in [3.05, 3.63) is 35.5 Å². The summed E-state index contributed by atoms with van der Waals surface area (Å²) in [7, 11) is 0. The Bertz CT molecular complexity index is 580. The predicted octanol–water partition coefficient (Wildman–Crippen LogP) is 2.06. The van der Waals surface area contributed by atoms with Gasteiger partial charge < -0.3 is 5.32 Å². The molecule has 19 heavy (non-hydrogen) atoms. The van der Waals surface area contributed by atoms with Crippen molar-refractivity contribution in [1.29, 1.82) is 0 Å². The number of hydrogen-bond acceptors (Lipinski definition) is 4. The van der Waals surface area contributed by atoms with Gasteiger partial charge in [-0.2, -0.15) is 0 Å². The summed E-state index contributed by atoms with van der Waals surface area (Å²) in [6.07, 6.45) is 1.69. The third-order valence-corrected chi connectivity index (χ3v) is 2.55. The number of carbonyl (C=O) groups is 1. The topological polar surface area (TPSA) is 83.6 Å². The van der Waals surface area contributed by atoms with Crippen LogP contribution in [0.15, 0.2) is 18.3 Å². The summed E-state index contributed by atoms with van der Waals surface area (Å²) < 4.78 is 0. The Hall–Kier alpha value is -2.24. The molecule has 0 bridgehead atoms. The van der Waals surface area contributed by atoms with Crippen LogP contribution in [-0.2, 0) is 5.41 Å². The zero-order chi connectivity index (χ0) is 14.0. The van der Waals surface area contributed by atoms with Crippen molar-refractivity contribution in [2.45, 2.75) is 33.1 Å². The lowest BCUT2D eigenvalue weighted by Crippen LogP contribution is -2.16. The van der Waals surface area contributed by atoms with E-state index in [1.54, 1.807) is 12.3 Å². The van der Waals surface area contributed by atoms with Crippen molar-refractivity contribution >= 4 is 11.7 Å². The summed E-state index contributed by atoms with van der Waals surface area (Å²) in [6, 6.07) is 3.62. The molecule has 0 unspecified atom stereocenters. The predicted molar refractivity (Wildman–Crippen MR) is 72.0 cm³/mol. The number of aromatic nitrogens is 4. The highest BCUT2D eigenvalue weighted by atomic mass is 16.2. The van der Waals surface area contributed by atoms with E-state index in [2.05, 4.69) is 25.5 Å². The van der Waals surface area contributed by atoms with Crippen LogP contribution >= 0.6 is 0 Å². The molecule has 0 saturated heterocycles. The Morgan fingerprint density at radius 1 is 1.32 bits per heavy atom. The van der Waals surface area contributed by atoms with Crippen LogP contribution in [-0.4, -0.2) is 26.1 Å². The van der Waals surface area contributed by atoms with Gasteiger partial charge in [-0.05, 0) is 18.6 Å². The molecule has 0 spiro atoms. The van der Waals surface area contributed by atoms with E-state index in [-0.39, 0.29) is 17.1 Å². The Balaban J connectivity index is 2.12. The van der Waals surface area contributed by atoms with Crippen LogP contribution in [0, 0.1) is 6.92 Å². The first-order chi connectivity index (χ1) is 8.86. The van der Waals surface area contributed by atoms with Gasteiger partial charge in [0, 0.05) is 11.6 Å². The number of anilines is 1. The number of nitrogens with one attached hydrogen (secondary N) is 2. The molecule has 100 valence electrons. The first kappa shape index (κ1) is 13.2. The van der Waals surface area contributed by atoms with E-state index >= 15 is 0 Å². The van der Waals surface area contributed by atoms with Crippen molar-refractivity contribution in [2.24, 2.45) is 0 Å². The summed E-state index contributed by atoms with van der Waals surface area (Å²) in [6.45, 7) is 7.92. The van der Waals surface area contributed by atoms with Crippen LogP contribution in [0.3, 0.4) is 0 Å². The number of hydrogen-bond donors (Lipinski definition) is 2. The zero-order valence-electron chi connectivity index (χ0n) is 11.5. The van der Waals surface area contributed by atoms with E-state index in [0.717, 1.165) is 5.56 Å². The van der Waals surface area contributed by atoms with Crippen LogP contribution in [0.1, 0.15) is 42.8 Å². The van der Waals surface area contributed by atoms with E-state index in [4.69, 9.17) is 0 Å². The molecule has 0 aliphatic heterocycles. The fourth-order valence-electron chi connectivity index (χ4n) is 1.41. The smallest absolute Gasteiger partial charge is 0.296 e. The van der Waals surface area contributed by atoms with Gasteiger partial charge in [-0.3, -0.25) is 9.89 Å². The summed E-state index contributed by atoms with van der Waals surface area (Å²) >= 11 is 0. The molecule has 6 nitrogen and oxygen atoms in total. The van der Waals surface area contributed by atoms with Crippen molar-refractivity contribution in [1.82, 2.24) is 20.2 Å². The molecule has 0 radical (unpaired) electrons. The number of H-pyrrole nitrogens is 1. The minimum atomic E-state index is -0.372. The Kier molecular flexibility index (Phi) is 3.33. The molecular weight excluding hydrogens is 242 g/mol. The molecule has 0 fully saturated rings. The molecule has 2 rings (SSSR count). The third kappa shape index (κ3) is 3.15. The molecule has 2 aromatic rings. The minimum Gasteiger partial charge on any atom is -0.304 e. The standard InChI is InChI=1S/C13H17N5O/c1-8-5-6-9(14-7-8)15-11(19)10-16-12(18-17-10)13(2,3)4/h5-7H,1-4H3,(H,14,15,19)(H,16,17,18). The normalized spacial score (nSPS) is 11.4. The summed E-state index contributed by atoms with van der Waals surface area (Å²) in [4.78, 5) is 20.2. The molecular formula is C13H17N5O. The number of pyridine rings is 1. The molecule has 0 aliphatic rings. The second-order valence-corrected chi connectivity index (χ2v) is 5.43. The second-order valence-electron chi connectivity index (χ2n) is 5.43. The number of nitrogens with zero attached hydrogens (tertiary/aromatic N) is 3. The Morgan fingerprint density at radius 3 is 2.58 bits per heavy atom. The lowest BCUT2D eigenvalue weighted by Gasteiger charge is -2.12. The fourth-order valence-corrected chi connectivity index (χ4v) is 1.41. The molecule has 0 atom stereocenters. The summed E-state index contributed by atoms with van der Waals surface area (Å²) in [5.41, 5.74) is 0.860. The van der Waals surface area contributed by atoms with Crippen molar-refractivity contribution in [3.8, 4) is 0 Å². The van der Waals surface area contributed by atoms with Gasteiger partial charge in [-0.1, -0.05) is 26.8 Å². The van der Waals surface area contributed by atoms with Gasteiger partial charge >= 0.3 is 0 Å². The second kappa shape index (κ2) is 4.79. The lowest BCUT2D eigenvalue weighted by molar-refractivity contribution is 0.101. The zero-order valence-corrected chi connectivity index (χ0v) is 11.5. The highest BCUT2D eigenvalue weighted by Gasteiger charge is 2.21. The van der Waals surface area contributed by atoms with E-state index in [1.807, 2.05) is 33.8 Å². The van der Waals surface area contributed by atoms with Crippen LogP contribution in [0.2, 0.25) is 0 Å². The van der Waals surface area contributed by atoms with Crippen molar-refractivity contribution < 1.29 is 4.79 Å². The number of rotatable bonds is 2. The molecule has 6 heteroatoms. The third-order valence-electron chi connectivity index (χ3n) is 2.55. The minimum absolute atomic E-state index is 0.118. The van der Waals surface area contributed by atoms with E-state index in [1.165, 1.54) is 0 Å². The van der Waals surface area contributed by atoms with Gasteiger partial charge in [0.1, 0.15) is 11.6 Å². The Morgan fingerprint density at radius 2 is 2.05 bits per heavy atom. The summed E-state index contributed by atoms with van der Waals surface area (Å²) in [5.74, 6) is 0.905. The largest absolute Gasteiger partial charge is 0.304 e. The number of carbonyl (C=O) groups excluding carboxylic acids is 1. The van der Waals surface area contributed by atoms with Crippen molar-refractivity contribution in [2.75, 3.05) is 5.32 Å². The maximum atomic E-state index is 11.9. The van der Waals surface area contributed by atoms with Crippen LogP contribution in [0.25, 0.3) is 0 Å². The number of aromatic amines is 1. The fraction of sp³-hybridized carbons (Fsp3) is 0.385. The van der Waals surface area contributed by atoms with Gasteiger partial charge in [0.05, 0.1) is 0 Å². The maximum Gasteiger partial charge on any atom is 0.296 e.